The van der Waals surface area contributed by atoms with Crippen molar-refractivity contribution in [3.63, 3.8) is 0 Å². The molecule has 1 aromatic carbocycles. The van der Waals surface area contributed by atoms with Gasteiger partial charge in [-0.25, -0.2) is 9.97 Å². The Morgan fingerprint density at radius 1 is 1.00 bits per heavy atom. The lowest BCUT2D eigenvalue weighted by Gasteiger charge is -2.19. The Morgan fingerprint density at radius 2 is 1.86 bits per heavy atom. The quantitative estimate of drug-likeness (QED) is 0.483. The molecule has 0 saturated heterocycles. The number of rotatable bonds is 4. The zero-order valence-electron chi connectivity index (χ0n) is 14.9. The average Bonchev–Trinajstić information content (AvgIpc) is 2.71. The van der Waals surface area contributed by atoms with Crippen molar-refractivity contribution < 1.29 is 0 Å². The van der Waals surface area contributed by atoms with Gasteiger partial charge in [0.25, 0.3) is 0 Å². The normalized spacial score (nSPS) is 12.1. The Morgan fingerprint density at radius 3 is 2.64 bits per heavy atom. The molecule has 3 N–H and O–H groups in total. The number of anilines is 2. The predicted octanol–water partition coefficient (Wildman–Crippen LogP) is 5.15. The Balaban J connectivity index is 1.85. The van der Waals surface area contributed by atoms with Gasteiger partial charge in [0.15, 0.2) is 5.82 Å². The zero-order valence-corrected chi connectivity index (χ0v) is 16.4. The first-order valence-corrected chi connectivity index (χ1v) is 9.33. The van der Waals surface area contributed by atoms with E-state index in [2.05, 4.69) is 20.3 Å². The second-order valence-electron chi connectivity index (χ2n) is 6.24. The number of pyridine rings is 2. The van der Waals surface area contributed by atoms with E-state index in [1.807, 2.05) is 49.4 Å². The van der Waals surface area contributed by atoms with Crippen molar-refractivity contribution in [1.29, 1.82) is 0 Å². The summed E-state index contributed by atoms with van der Waals surface area (Å²) in [6, 6.07) is 13.3. The summed E-state index contributed by atoms with van der Waals surface area (Å²) in [7, 11) is 0. The summed E-state index contributed by atoms with van der Waals surface area (Å²) in [6.07, 6.45) is 3.20. The molecule has 0 unspecified atom stereocenters. The lowest BCUT2D eigenvalue weighted by atomic mass is 10.0. The van der Waals surface area contributed by atoms with Gasteiger partial charge in [-0.1, -0.05) is 41.4 Å². The molecule has 0 bridgehead atoms. The van der Waals surface area contributed by atoms with Gasteiger partial charge in [0.1, 0.15) is 5.02 Å². The number of hydrogen-bond donors (Lipinski definition) is 2. The highest BCUT2D eigenvalue weighted by Crippen LogP contribution is 2.33. The Hall–Kier alpha value is -2.96. The molecule has 6 nitrogen and oxygen atoms in total. The maximum atomic E-state index is 6.37. The van der Waals surface area contributed by atoms with Gasteiger partial charge in [-0.3, -0.25) is 4.98 Å². The monoisotopic (exact) mass is 410 g/mol. The van der Waals surface area contributed by atoms with Crippen LogP contribution in [-0.2, 0) is 0 Å². The molecule has 4 aromatic rings. The molecule has 0 radical (unpaired) electrons. The smallest absolute Gasteiger partial charge is 0.222 e. The van der Waals surface area contributed by atoms with E-state index in [-0.39, 0.29) is 12.0 Å². The molecule has 0 spiro atoms. The van der Waals surface area contributed by atoms with Gasteiger partial charge in [0.05, 0.1) is 34.2 Å². The molecule has 3 heterocycles. The Bertz CT molecular complexity index is 1150. The SMILES string of the molecule is C[C@H](Nc1nc(N)ncc1Cl)c1cc2cccc(Cl)c2nc1-c1ccccn1. The number of fused-ring (bicyclic) bond motifs is 1. The number of halogens is 2. The number of hydrogen-bond acceptors (Lipinski definition) is 6. The molecule has 1 atom stereocenters. The van der Waals surface area contributed by atoms with E-state index in [0.717, 1.165) is 27.9 Å². The van der Waals surface area contributed by atoms with Crippen LogP contribution in [0.25, 0.3) is 22.3 Å². The predicted molar refractivity (Wildman–Crippen MR) is 113 cm³/mol. The Labute approximate surface area is 171 Å². The van der Waals surface area contributed by atoms with Gasteiger partial charge in [0.2, 0.25) is 5.95 Å². The van der Waals surface area contributed by atoms with E-state index in [4.69, 9.17) is 33.9 Å². The highest BCUT2D eigenvalue weighted by atomic mass is 35.5. The number of nitrogens with two attached hydrogens (primary N) is 1. The summed E-state index contributed by atoms with van der Waals surface area (Å²) < 4.78 is 0. The number of nitrogens with zero attached hydrogens (tertiary/aromatic N) is 4. The minimum Gasteiger partial charge on any atom is -0.368 e. The fourth-order valence-electron chi connectivity index (χ4n) is 2.98. The van der Waals surface area contributed by atoms with Crippen molar-refractivity contribution in [3.8, 4) is 11.4 Å². The topological polar surface area (TPSA) is 89.6 Å². The van der Waals surface area contributed by atoms with E-state index in [1.165, 1.54) is 6.20 Å². The average molecular weight is 411 g/mol. The largest absolute Gasteiger partial charge is 0.368 e. The van der Waals surface area contributed by atoms with Crippen molar-refractivity contribution >= 4 is 45.9 Å². The molecule has 4 rings (SSSR count). The van der Waals surface area contributed by atoms with Crippen LogP contribution in [0.2, 0.25) is 10.0 Å². The van der Waals surface area contributed by atoms with Crippen LogP contribution in [0, 0.1) is 0 Å². The molecule has 0 amide bonds. The number of benzene rings is 1. The van der Waals surface area contributed by atoms with Crippen LogP contribution in [0.5, 0.6) is 0 Å². The van der Waals surface area contributed by atoms with Crippen molar-refractivity contribution in [2.45, 2.75) is 13.0 Å². The standard InChI is InChI=1S/C20H16Cl2N6/c1-11(26-19-15(22)10-25-20(23)28-19)13-9-12-5-4-6-14(21)17(12)27-18(13)16-7-2-3-8-24-16/h2-11H,1H3,(H3,23,25,26,28)/t11-/m0/s1. The molecule has 0 aliphatic heterocycles. The first-order chi connectivity index (χ1) is 13.5. The first-order valence-electron chi connectivity index (χ1n) is 8.58. The van der Waals surface area contributed by atoms with Gasteiger partial charge in [-0.2, -0.15) is 4.98 Å². The van der Waals surface area contributed by atoms with Crippen molar-refractivity contribution in [3.05, 3.63) is 70.5 Å². The number of nitrogens with one attached hydrogen (secondary N) is 1. The molecule has 0 saturated carbocycles. The number of aromatic nitrogens is 4. The van der Waals surface area contributed by atoms with E-state index in [9.17, 15) is 0 Å². The third-order valence-corrected chi connectivity index (χ3v) is 4.90. The molecular formula is C20H16Cl2N6. The third-order valence-electron chi connectivity index (χ3n) is 4.32. The maximum Gasteiger partial charge on any atom is 0.222 e. The Kier molecular flexibility index (Phi) is 4.98. The van der Waals surface area contributed by atoms with Crippen molar-refractivity contribution in [2.75, 3.05) is 11.1 Å². The summed E-state index contributed by atoms with van der Waals surface area (Å²) in [6.45, 7) is 1.99. The lowest BCUT2D eigenvalue weighted by Crippen LogP contribution is -2.12. The highest BCUT2D eigenvalue weighted by Gasteiger charge is 2.18. The van der Waals surface area contributed by atoms with E-state index >= 15 is 0 Å². The molecule has 0 aliphatic carbocycles. The van der Waals surface area contributed by atoms with Crippen molar-refractivity contribution in [1.82, 2.24) is 19.9 Å². The third kappa shape index (κ3) is 3.56. The first kappa shape index (κ1) is 18.4. The summed E-state index contributed by atoms with van der Waals surface area (Å²) in [5.41, 5.74) is 8.84. The van der Waals surface area contributed by atoms with Crippen LogP contribution in [0.3, 0.4) is 0 Å². The van der Waals surface area contributed by atoms with Gasteiger partial charge in [-0.05, 0) is 31.2 Å². The number of para-hydroxylation sites is 1. The van der Waals surface area contributed by atoms with Gasteiger partial charge < -0.3 is 11.1 Å². The molecule has 0 aliphatic rings. The molecule has 140 valence electrons. The van der Waals surface area contributed by atoms with Crippen LogP contribution >= 0.6 is 23.2 Å². The van der Waals surface area contributed by atoms with Crippen molar-refractivity contribution in [2.24, 2.45) is 0 Å². The molecule has 28 heavy (non-hydrogen) atoms. The summed E-state index contributed by atoms with van der Waals surface area (Å²) in [4.78, 5) is 17.4. The number of nitrogen functional groups attached to an aromatic ring is 1. The van der Waals surface area contributed by atoms with E-state index in [1.54, 1.807) is 6.20 Å². The van der Waals surface area contributed by atoms with Crippen LogP contribution in [0.1, 0.15) is 18.5 Å². The fraction of sp³-hybridized carbons (Fsp3) is 0.100. The van der Waals surface area contributed by atoms with Crippen LogP contribution in [0.15, 0.2) is 54.9 Å². The summed E-state index contributed by atoms with van der Waals surface area (Å²) in [5.74, 6) is 0.604. The summed E-state index contributed by atoms with van der Waals surface area (Å²) in [5, 5.41) is 5.20. The van der Waals surface area contributed by atoms with E-state index < -0.39 is 0 Å². The lowest BCUT2D eigenvalue weighted by molar-refractivity contribution is 0.870. The minimum absolute atomic E-state index is 0.146. The van der Waals surface area contributed by atoms with Crippen LogP contribution < -0.4 is 11.1 Å². The molecular weight excluding hydrogens is 395 g/mol. The van der Waals surface area contributed by atoms with Crippen LogP contribution in [-0.4, -0.2) is 19.9 Å². The molecule has 3 aromatic heterocycles. The van der Waals surface area contributed by atoms with E-state index in [0.29, 0.717) is 15.9 Å². The second-order valence-corrected chi connectivity index (χ2v) is 7.06. The van der Waals surface area contributed by atoms with Gasteiger partial charge >= 0.3 is 0 Å². The van der Waals surface area contributed by atoms with Gasteiger partial charge in [-0.15, -0.1) is 0 Å². The molecule has 8 heteroatoms. The maximum absolute atomic E-state index is 6.37. The minimum atomic E-state index is -0.181. The second kappa shape index (κ2) is 7.58. The van der Waals surface area contributed by atoms with Crippen LogP contribution in [0.4, 0.5) is 11.8 Å². The fourth-order valence-corrected chi connectivity index (χ4v) is 3.35. The zero-order chi connectivity index (χ0) is 19.7. The summed E-state index contributed by atoms with van der Waals surface area (Å²) >= 11 is 12.6. The molecule has 0 fully saturated rings. The highest BCUT2D eigenvalue weighted by molar-refractivity contribution is 6.35. The van der Waals surface area contributed by atoms with Gasteiger partial charge in [0, 0.05) is 17.1 Å².